The highest BCUT2D eigenvalue weighted by molar-refractivity contribution is 5.90. The topological polar surface area (TPSA) is 63.6 Å². The summed E-state index contributed by atoms with van der Waals surface area (Å²) in [5.41, 5.74) is -1.24. The highest BCUT2D eigenvalue weighted by Gasteiger charge is 2.66. The first-order valence-corrected chi connectivity index (χ1v) is 11.1. The predicted molar refractivity (Wildman–Crippen MR) is 103 cm³/mol. The van der Waals surface area contributed by atoms with E-state index < -0.39 is 11.6 Å². The second kappa shape index (κ2) is 6.57. The predicted octanol–water partition coefficient (Wildman–Crippen LogP) is 4.28. The van der Waals surface area contributed by atoms with Gasteiger partial charge < -0.3 is 9.84 Å². The number of fused-ring (bicyclic) bond motifs is 5. The van der Waals surface area contributed by atoms with Gasteiger partial charge in [0.1, 0.15) is 5.60 Å². The third-order valence-corrected chi connectivity index (χ3v) is 9.60. The van der Waals surface area contributed by atoms with Gasteiger partial charge in [-0.25, -0.2) is 0 Å². The molecule has 27 heavy (non-hydrogen) atoms. The molecule has 0 aliphatic heterocycles. The number of esters is 1. The van der Waals surface area contributed by atoms with Crippen molar-refractivity contribution in [2.75, 3.05) is 6.61 Å². The Hall–Kier alpha value is -0.900. The molecule has 4 saturated carbocycles. The molecular weight excluding hydrogens is 340 g/mol. The second-order valence-electron chi connectivity index (χ2n) is 10.5. The molecule has 152 valence electrons. The Labute approximate surface area is 163 Å². The monoisotopic (exact) mass is 376 g/mol. The van der Waals surface area contributed by atoms with Crippen LogP contribution in [0.4, 0.5) is 0 Å². The summed E-state index contributed by atoms with van der Waals surface area (Å²) in [4.78, 5) is 24.0. The summed E-state index contributed by atoms with van der Waals surface area (Å²) in [7, 11) is 0. The summed E-state index contributed by atoms with van der Waals surface area (Å²) < 4.78 is 4.95. The molecular formula is C23H36O4. The first-order valence-electron chi connectivity index (χ1n) is 11.1. The molecule has 4 aliphatic rings. The van der Waals surface area contributed by atoms with E-state index >= 15 is 0 Å². The maximum Gasteiger partial charge on any atom is 0.303 e. The summed E-state index contributed by atoms with van der Waals surface area (Å²) in [6.07, 6.45) is 11.6. The fourth-order valence-corrected chi connectivity index (χ4v) is 8.06. The van der Waals surface area contributed by atoms with E-state index in [1.807, 2.05) is 0 Å². The van der Waals surface area contributed by atoms with Gasteiger partial charge in [0.15, 0.2) is 6.61 Å². The summed E-state index contributed by atoms with van der Waals surface area (Å²) >= 11 is 0. The van der Waals surface area contributed by atoms with Crippen molar-refractivity contribution in [3.8, 4) is 0 Å². The lowest BCUT2D eigenvalue weighted by atomic mass is 9.44. The molecule has 0 radical (unpaired) electrons. The van der Waals surface area contributed by atoms with E-state index in [-0.39, 0.29) is 17.8 Å². The van der Waals surface area contributed by atoms with Gasteiger partial charge in [-0.05, 0) is 80.5 Å². The van der Waals surface area contributed by atoms with Gasteiger partial charge in [0.05, 0.1) is 0 Å². The lowest BCUT2D eigenvalue weighted by Gasteiger charge is -2.61. The van der Waals surface area contributed by atoms with Gasteiger partial charge >= 0.3 is 5.97 Å². The average Bonchev–Trinajstić information content (AvgIpc) is 2.91. The molecule has 0 aromatic carbocycles. The van der Waals surface area contributed by atoms with Crippen LogP contribution in [-0.2, 0) is 14.3 Å². The molecule has 4 fully saturated rings. The molecule has 4 heteroatoms. The van der Waals surface area contributed by atoms with Crippen LogP contribution in [0, 0.1) is 34.5 Å². The number of hydrogen-bond donors (Lipinski definition) is 1. The zero-order valence-corrected chi connectivity index (χ0v) is 17.3. The lowest BCUT2D eigenvalue weighted by Crippen LogP contribution is -2.59. The van der Waals surface area contributed by atoms with Crippen molar-refractivity contribution in [2.45, 2.75) is 90.6 Å². The Morgan fingerprint density at radius 1 is 0.963 bits per heavy atom. The molecule has 0 amide bonds. The van der Waals surface area contributed by atoms with Crippen LogP contribution in [-0.4, -0.2) is 29.1 Å². The van der Waals surface area contributed by atoms with Crippen LogP contribution < -0.4 is 0 Å². The molecule has 0 aromatic rings. The van der Waals surface area contributed by atoms with Crippen LogP contribution in [0.25, 0.3) is 0 Å². The molecule has 0 bridgehead atoms. The first-order chi connectivity index (χ1) is 12.7. The third-order valence-electron chi connectivity index (χ3n) is 9.60. The zero-order chi connectivity index (χ0) is 19.4. The van der Waals surface area contributed by atoms with Crippen molar-refractivity contribution in [1.29, 1.82) is 0 Å². The minimum atomic E-state index is -1.33. The maximum absolute atomic E-state index is 12.9. The van der Waals surface area contributed by atoms with Crippen LogP contribution in [0.2, 0.25) is 0 Å². The van der Waals surface area contributed by atoms with E-state index in [1.54, 1.807) is 0 Å². The molecule has 0 heterocycles. The SMILES string of the molecule is CC(=O)OCC(=O)[C@@]1(O)CC[C@@H]2[C@@H]3CC[C@H]4CCCC[C@]4(C)[C@@H]3CC[C@]21C. The molecule has 0 spiro atoms. The van der Waals surface area contributed by atoms with E-state index in [4.69, 9.17) is 4.74 Å². The number of Topliss-reactive ketones (excluding diaryl/α,β-unsaturated/α-hetero) is 1. The van der Waals surface area contributed by atoms with Crippen LogP contribution in [0.1, 0.15) is 85.0 Å². The standard InChI is InChI=1S/C23H36O4/c1-15(24)27-14-20(25)23(26)13-10-19-17-8-7-16-6-4-5-11-21(16,2)18(17)9-12-22(19,23)3/h16-19,26H,4-14H2,1-3H3/t16-,17-,18-,19-,21+,22-,23+/m1/s1. The van der Waals surface area contributed by atoms with Crippen molar-refractivity contribution < 1.29 is 19.4 Å². The summed E-state index contributed by atoms with van der Waals surface area (Å²) in [5, 5.41) is 11.5. The van der Waals surface area contributed by atoms with Gasteiger partial charge in [0.25, 0.3) is 0 Å². The van der Waals surface area contributed by atoms with Gasteiger partial charge in [-0.1, -0.05) is 26.7 Å². The van der Waals surface area contributed by atoms with E-state index in [0.29, 0.717) is 23.7 Å². The van der Waals surface area contributed by atoms with E-state index in [2.05, 4.69) is 13.8 Å². The van der Waals surface area contributed by atoms with Crippen molar-refractivity contribution in [2.24, 2.45) is 34.5 Å². The number of rotatable bonds is 3. The third kappa shape index (κ3) is 2.73. The van der Waals surface area contributed by atoms with Gasteiger partial charge in [0.2, 0.25) is 5.78 Å². The Kier molecular flexibility index (Phi) is 4.73. The molecule has 4 aliphatic carbocycles. The lowest BCUT2D eigenvalue weighted by molar-refractivity contribution is -0.174. The van der Waals surface area contributed by atoms with Crippen LogP contribution >= 0.6 is 0 Å². The number of ketones is 1. The Morgan fingerprint density at radius 3 is 2.44 bits per heavy atom. The highest BCUT2D eigenvalue weighted by Crippen LogP contribution is 2.68. The average molecular weight is 377 g/mol. The number of hydrogen-bond acceptors (Lipinski definition) is 4. The summed E-state index contributed by atoms with van der Waals surface area (Å²) in [5.74, 6) is 1.93. The minimum Gasteiger partial charge on any atom is -0.458 e. The first kappa shape index (κ1) is 19.4. The normalized spacial score (nSPS) is 48.9. The number of ether oxygens (including phenoxy) is 1. The fraction of sp³-hybridized carbons (Fsp3) is 0.913. The van der Waals surface area contributed by atoms with Gasteiger partial charge in [-0.3, -0.25) is 9.59 Å². The molecule has 4 nitrogen and oxygen atoms in total. The van der Waals surface area contributed by atoms with Gasteiger partial charge in [-0.15, -0.1) is 0 Å². The molecule has 0 unspecified atom stereocenters. The number of carbonyl (C=O) groups excluding carboxylic acids is 2. The molecule has 4 rings (SSSR count). The number of carbonyl (C=O) groups is 2. The summed E-state index contributed by atoms with van der Waals surface area (Å²) in [6, 6.07) is 0. The highest BCUT2D eigenvalue weighted by atomic mass is 16.5. The van der Waals surface area contributed by atoms with E-state index in [1.165, 1.54) is 45.4 Å². The van der Waals surface area contributed by atoms with Crippen LogP contribution in [0.3, 0.4) is 0 Å². The van der Waals surface area contributed by atoms with Crippen molar-refractivity contribution in [1.82, 2.24) is 0 Å². The van der Waals surface area contributed by atoms with Crippen molar-refractivity contribution >= 4 is 11.8 Å². The summed E-state index contributed by atoms with van der Waals surface area (Å²) in [6.45, 7) is 5.71. The quantitative estimate of drug-likeness (QED) is 0.747. The molecule has 7 atom stereocenters. The van der Waals surface area contributed by atoms with Crippen LogP contribution in [0.15, 0.2) is 0 Å². The Balaban J connectivity index is 1.58. The maximum atomic E-state index is 12.9. The minimum absolute atomic E-state index is 0.290. The fourth-order valence-electron chi connectivity index (χ4n) is 8.06. The molecule has 1 N–H and O–H groups in total. The zero-order valence-electron chi connectivity index (χ0n) is 17.3. The van der Waals surface area contributed by atoms with E-state index in [9.17, 15) is 14.7 Å². The van der Waals surface area contributed by atoms with E-state index in [0.717, 1.165) is 31.1 Å². The van der Waals surface area contributed by atoms with Gasteiger partial charge in [0, 0.05) is 12.3 Å². The smallest absolute Gasteiger partial charge is 0.303 e. The Bertz CT molecular complexity index is 630. The van der Waals surface area contributed by atoms with Crippen molar-refractivity contribution in [3.05, 3.63) is 0 Å². The Morgan fingerprint density at radius 2 is 1.70 bits per heavy atom. The van der Waals surface area contributed by atoms with Gasteiger partial charge in [-0.2, -0.15) is 0 Å². The van der Waals surface area contributed by atoms with Crippen molar-refractivity contribution in [3.63, 3.8) is 0 Å². The second-order valence-corrected chi connectivity index (χ2v) is 10.5. The molecule has 0 aromatic heterocycles. The van der Waals surface area contributed by atoms with Crippen LogP contribution in [0.5, 0.6) is 0 Å². The molecule has 0 saturated heterocycles. The number of aliphatic hydroxyl groups is 1. The largest absolute Gasteiger partial charge is 0.458 e.